The molecule has 2 atom stereocenters. The number of hydrogen-bond donors (Lipinski definition) is 4. The normalized spacial score (nSPS) is 18.7. The highest BCUT2D eigenvalue weighted by atomic mass is 16.5. The van der Waals surface area contributed by atoms with Gasteiger partial charge in [0, 0.05) is 38.8 Å². The van der Waals surface area contributed by atoms with Gasteiger partial charge in [-0.25, -0.2) is 0 Å². The molecule has 332 valence electrons. The molecule has 2 unspecified atom stereocenters. The van der Waals surface area contributed by atoms with Gasteiger partial charge in [-0.1, -0.05) is 82.1 Å². The van der Waals surface area contributed by atoms with Gasteiger partial charge in [-0.05, 0) is 80.3 Å². The van der Waals surface area contributed by atoms with E-state index in [1.54, 1.807) is 0 Å². The number of rotatable bonds is 16. The highest BCUT2D eigenvalue weighted by Gasteiger charge is 2.29. The first-order valence-corrected chi connectivity index (χ1v) is 22.4. The van der Waals surface area contributed by atoms with Crippen LogP contribution in [0.2, 0.25) is 0 Å². The van der Waals surface area contributed by atoms with Crippen LogP contribution in [0.4, 0.5) is 34.6 Å². The predicted molar refractivity (Wildman–Crippen MR) is 244 cm³/mol. The van der Waals surface area contributed by atoms with Gasteiger partial charge in [-0.2, -0.15) is 19.9 Å². The van der Waals surface area contributed by atoms with Gasteiger partial charge in [0.25, 0.3) is 0 Å². The van der Waals surface area contributed by atoms with E-state index in [0.717, 1.165) is 75.5 Å². The van der Waals surface area contributed by atoms with Crippen molar-refractivity contribution in [2.75, 3.05) is 77.8 Å². The summed E-state index contributed by atoms with van der Waals surface area (Å²) in [6.45, 7) is 16.8. The molecule has 6 N–H and O–H groups in total. The zero-order valence-corrected chi connectivity index (χ0v) is 36.9. The number of nitrogens with zero attached hydrogens (tertiary/aromatic N) is 8. The Labute approximate surface area is 365 Å². The van der Waals surface area contributed by atoms with E-state index >= 15 is 0 Å². The number of anilines is 6. The van der Waals surface area contributed by atoms with Crippen LogP contribution in [-0.4, -0.2) is 93.5 Å². The number of fused-ring (bicyclic) bond motifs is 2. The van der Waals surface area contributed by atoms with E-state index in [2.05, 4.69) is 117 Å². The van der Waals surface area contributed by atoms with Gasteiger partial charge in [0.1, 0.15) is 11.4 Å². The number of nitrogen functional groups attached to an aromatic ring is 2. The van der Waals surface area contributed by atoms with Gasteiger partial charge in [0.2, 0.25) is 11.8 Å². The Morgan fingerprint density at radius 3 is 1.63 bits per heavy atom. The van der Waals surface area contributed by atoms with Crippen molar-refractivity contribution < 1.29 is 19.1 Å². The Hall–Kier alpha value is -5.74. The fraction of sp³-hybridized carbons (Fsp3) is 0.522. The van der Waals surface area contributed by atoms with E-state index in [4.69, 9.17) is 20.9 Å². The second-order valence-corrected chi connectivity index (χ2v) is 17.1. The number of carbonyl (C=O) groups is 2. The van der Waals surface area contributed by atoms with Crippen molar-refractivity contribution in [1.29, 1.82) is 0 Å². The summed E-state index contributed by atoms with van der Waals surface area (Å²) in [4.78, 5) is 51.1. The molecule has 6 heterocycles. The minimum Gasteiger partial charge on any atom is -0.463 e. The molecule has 16 nitrogen and oxygen atoms in total. The molecule has 2 fully saturated rings. The Kier molecular flexibility index (Phi) is 14.9. The summed E-state index contributed by atoms with van der Waals surface area (Å²) in [6.07, 6.45) is 7.69. The molecular weight excluding hydrogens is 785 g/mol. The summed E-state index contributed by atoms with van der Waals surface area (Å²) in [5.74, 6) is 2.20. The van der Waals surface area contributed by atoms with E-state index in [-0.39, 0.29) is 48.6 Å². The lowest BCUT2D eigenvalue weighted by atomic mass is 10.1. The number of carbonyl (C=O) groups excluding carboxylic acids is 2. The number of hydrogen-bond acceptors (Lipinski definition) is 14. The molecule has 62 heavy (non-hydrogen) atoms. The zero-order chi connectivity index (χ0) is 43.6. The van der Waals surface area contributed by atoms with Crippen LogP contribution in [0.15, 0.2) is 48.5 Å². The first kappa shape index (κ1) is 44.3. The highest BCUT2D eigenvalue weighted by molar-refractivity contribution is 6.03. The number of amides is 2. The van der Waals surface area contributed by atoms with Gasteiger partial charge in [0.15, 0.2) is 23.3 Å². The molecule has 2 aromatic heterocycles. The third kappa shape index (κ3) is 11.6. The molecule has 0 radical (unpaired) electrons. The molecule has 16 heteroatoms. The topological polar surface area (TPSA) is 193 Å². The first-order valence-electron chi connectivity index (χ1n) is 22.4. The molecule has 2 amide bonds. The van der Waals surface area contributed by atoms with Crippen LogP contribution in [0.25, 0.3) is 0 Å². The lowest BCUT2D eigenvalue weighted by molar-refractivity contribution is -0.116. The molecule has 4 aliphatic heterocycles. The minimum atomic E-state index is -0.121. The van der Waals surface area contributed by atoms with Gasteiger partial charge in [0.05, 0.1) is 26.3 Å². The monoisotopic (exact) mass is 849 g/mol. The maximum absolute atomic E-state index is 12.3. The average molecular weight is 849 g/mol. The third-order valence-corrected chi connectivity index (χ3v) is 11.8. The number of nitrogens with two attached hydrogens (primary N) is 2. The fourth-order valence-corrected chi connectivity index (χ4v) is 8.43. The van der Waals surface area contributed by atoms with Crippen molar-refractivity contribution in [2.24, 2.45) is 5.92 Å². The summed E-state index contributed by atoms with van der Waals surface area (Å²) in [6, 6.07) is 18.3. The maximum Gasteiger partial charge on any atom is 0.320 e. The molecule has 0 bridgehead atoms. The van der Waals surface area contributed by atoms with Crippen molar-refractivity contribution in [3.8, 4) is 12.0 Å². The van der Waals surface area contributed by atoms with Gasteiger partial charge in [-0.3, -0.25) is 19.4 Å². The van der Waals surface area contributed by atoms with Gasteiger partial charge in [-0.15, -0.1) is 0 Å². The van der Waals surface area contributed by atoms with Crippen LogP contribution in [-0.2, 0) is 35.8 Å². The zero-order valence-electron chi connectivity index (χ0n) is 36.9. The third-order valence-electron chi connectivity index (χ3n) is 11.8. The second kappa shape index (κ2) is 20.9. The smallest absolute Gasteiger partial charge is 0.320 e. The lowest BCUT2D eigenvalue weighted by Crippen LogP contribution is -2.39. The lowest BCUT2D eigenvalue weighted by Gasteiger charge is -2.30. The number of aromatic nitrogens is 4. The number of nitrogens with one attached hydrogen (secondary N) is 2. The quantitative estimate of drug-likeness (QED) is 0.0929. The van der Waals surface area contributed by atoms with E-state index in [0.29, 0.717) is 55.4 Å². The Balaban J connectivity index is 0.000000186. The van der Waals surface area contributed by atoms with Crippen molar-refractivity contribution in [2.45, 2.75) is 105 Å². The van der Waals surface area contributed by atoms with Crippen molar-refractivity contribution >= 4 is 46.5 Å². The van der Waals surface area contributed by atoms with E-state index in [1.807, 2.05) is 9.80 Å². The average Bonchev–Trinajstić information content (AvgIpc) is 3.85. The molecule has 4 aliphatic rings. The van der Waals surface area contributed by atoms with Crippen LogP contribution < -0.4 is 41.4 Å². The molecule has 0 saturated carbocycles. The summed E-state index contributed by atoms with van der Waals surface area (Å²) in [5.41, 5.74) is 18.0. The van der Waals surface area contributed by atoms with E-state index < -0.39 is 0 Å². The summed E-state index contributed by atoms with van der Waals surface area (Å²) in [7, 11) is 0. The minimum absolute atomic E-state index is 0.121. The van der Waals surface area contributed by atoms with E-state index in [1.165, 1.54) is 30.4 Å². The highest BCUT2D eigenvalue weighted by Crippen LogP contribution is 2.36. The summed E-state index contributed by atoms with van der Waals surface area (Å²) in [5, 5.41) is 5.62. The first-order chi connectivity index (χ1) is 30.0. The molecule has 2 aromatic carbocycles. The summed E-state index contributed by atoms with van der Waals surface area (Å²) >= 11 is 0. The largest absolute Gasteiger partial charge is 0.463 e. The molecular formula is C46H64N12O4. The molecule has 2 saturated heterocycles. The molecule has 4 aromatic rings. The fourth-order valence-electron chi connectivity index (χ4n) is 8.43. The second-order valence-electron chi connectivity index (χ2n) is 17.1. The molecule has 0 aliphatic carbocycles. The molecule has 0 spiro atoms. The Morgan fingerprint density at radius 1 is 0.677 bits per heavy atom. The molecule has 8 rings (SSSR count). The SMILES string of the molecule is CCCCOc1nc(N)c2c(n1)N(Cc1cccc(CN3CCC(C)C3)c1)CC(=O)N2.CCCCOc1nc(N)c2c(n1)N(Cc1cccc(CN3CCCC3C)c1)CC(=O)N2. The predicted octanol–water partition coefficient (Wildman–Crippen LogP) is 6.22. The standard InChI is InChI=1S/2C23H32N6O2/c1-3-4-11-31-23-26-21(24)20-22(27-23)29(15-19(30)25-20)14-18-9-5-8-17(12-18)13-28-10-6-7-16(28)2;1-3-4-10-31-23-26-21(24)20-22(27-23)29(15-19(30)25-20)14-18-7-5-6-17(11-18)13-28-9-8-16(2)12-28/h5,8-9,12,16H,3-4,6-7,10-11,13-15H2,1-2H3,(H,25,30)(H2,24,26,27);5-7,11,16H,3-4,8-10,12-15H2,1-2H3,(H,25,30)(H2,24,26,27). The van der Waals surface area contributed by atoms with Crippen LogP contribution in [0.3, 0.4) is 0 Å². The Morgan fingerprint density at radius 2 is 1.18 bits per heavy atom. The number of ether oxygens (including phenoxy) is 2. The Bertz CT molecular complexity index is 2170. The van der Waals surface area contributed by atoms with Crippen LogP contribution in [0.1, 0.15) is 94.9 Å². The van der Waals surface area contributed by atoms with Crippen LogP contribution in [0, 0.1) is 5.92 Å². The van der Waals surface area contributed by atoms with Gasteiger partial charge >= 0.3 is 12.0 Å². The van der Waals surface area contributed by atoms with Crippen molar-refractivity contribution in [3.63, 3.8) is 0 Å². The van der Waals surface area contributed by atoms with Crippen molar-refractivity contribution in [3.05, 3.63) is 70.8 Å². The number of unbranched alkanes of at least 4 members (excludes halogenated alkanes) is 2. The maximum atomic E-state index is 12.3. The van der Waals surface area contributed by atoms with Crippen LogP contribution >= 0.6 is 0 Å². The van der Waals surface area contributed by atoms with E-state index in [9.17, 15) is 9.59 Å². The number of benzene rings is 2. The number of likely N-dealkylation sites (tertiary alicyclic amines) is 2. The van der Waals surface area contributed by atoms with Crippen LogP contribution in [0.5, 0.6) is 12.0 Å². The van der Waals surface area contributed by atoms with Crippen molar-refractivity contribution in [1.82, 2.24) is 29.7 Å². The summed E-state index contributed by atoms with van der Waals surface area (Å²) < 4.78 is 11.3. The van der Waals surface area contributed by atoms with Gasteiger partial charge < -0.3 is 41.4 Å².